The van der Waals surface area contributed by atoms with Crippen molar-refractivity contribution in [2.75, 3.05) is 5.32 Å². The molecule has 0 aromatic carbocycles. The number of hydrogen-bond donors (Lipinski definition) is 1. The monoisotopic (exact) mass is 291 g/mol. The number of anilines is 1. The summed E-state index contributed by atoms with van der Waals surface area (Å²) in [5.41, 5.74) is 2.09. The summed E-state index contributed by atoms with van der Waals surface area (Å²) in [6.07, 6.45) is 4.81. The van der Waals surface area contributed by atoms with Gasteiger partial charge in [0.15, 0.2) is 0 Å². The van der Waals surface area contributed by atoms with Crippen LogP contribution in [0.15, 0.2) is 41.3 Å². The molecule has 86 valence electrons. The minimum absolute atomic E-state index is 0.190. The molecule has 0 unspecified atom stereocenters. The van der Waals surface area contributed by atoms with Crippen LogP contribution in [0.5, 0.6) is 0 Å². The van der Waals surface area contributed by atoms with Gasteiger partial charge in [-0.25, -0.2) is 0 Å². The molecule has 2 aromatic rings. The van der Waals surface area contributed by atoms with Crippen molar-refractivity contribution in [3.8, 4) is 0 Å². The van der Waals surface area contributed by atoms with Crippen molar-refractivity contribution in [3.63, 3.8) is 0 Å². The summed E-state index contributed by atoms with van der Waals surface area (Å²) in [5, 5.41) is 2.79. The van der Waals surface area contributed by atoms with Gasteiger partial charge >= 0.3 is 0 Å². The van der Waals surface area contributed by atoms with Crippen LogP contribution in [0.4, 0.5) is 5.69 Å². The van der Waals surface area contributed by atoms with E-state index in [1.54, 1.807) is 24.5 Å². The molecule has 0 aliphatic carbocycles. The molecular weight excluding hydrogens is 282 g/mol. The first-order valence-corrected chi connectivity index (χ1v) is 5.79. The first kappa shape index (κ1) is 11.7. The zero-order chi connectivity index (χ0) is 12.3. The van der Waals surface area contributed by atoms with Gasteiger partial charge in [0.2, 0.25) is 0 Å². The number of aromatic nitrogens is 2. The fourth-order valence-electron chi connectivity index (χ4n) is 1.36. The maximum absolute atomic E-state index is 11.9. The first-order chi connectivity index (χ1) is 8.15. The van der Waals surface area contributed by atoms with Crippen LogP contribution in [0.3, 0.4) is 0 Å². The van der Waals surface area contributed by atoms with Gasteiger partial charge in [0, 0.05) is 34.4 Å². The topological polar surface area (TPSA) is 54.9 Å². The summed E-state index contributed by atoms with van der Waals surface area (Å²) in [6.45, 7) is 1.87. The van der Waals surface area contributed by atoms with Crippen molar-refractivity contribution in [3.05, 3.63) is 52.5 Å². The van der Waals surface area contributed by atoms with E-state index in [1.165, 1.54) is 6.20 Å². The average molecular weight is 292 g/mol. The maximum Gasteiger partial charge on any atom is 0.257 e. The molecule has 0 aliphatic heterocycles. The summed E-state index contributed by atoms with van der Waals surface area (Å²) in [4.78, 5) is 19.9. The van der Waals surface area contributed by atoms with Gasteiger partial charge in [-0.3, -0.25) is 14.8 Å². The number of pyridine rings is 2. The summed E-state index contributed by atoms with van der Waals surface area (Å²) in [5.74, 6) is -0.190. The lowest BCUT2D eigenvalue weighted by Gasteiger charge is -2.05. The SMILES string of the molecule is Cc1cc(NC(=O)c2cncc(Br)c2)ccn1. The van der Waals surface area contributed by atoms with Crippen LogP contribution >= 0.6 is 15.9 Å². The van der Waals surface area contributed by atoms with Crippen LogP contribution in [0.25, 0.3) is 0 Å². The molecule has 0 saturated heterocycles. The van der Waals surface area contributed by atoms with Crippen LogP contribution in [0, 0.1) is 6.92 Å². The van der Waals surface area contributed by atoms with Gasteiger partial charge in [-0.1, -0.05) is 0 Å². The third kappa shape index (κ3) is 3.10. The molecule has 0 saturated carbocycles. The summed E-state index contributed by atoms with van der Waals surface area (Å²) >= 11 is 3.27. The minimum atomic E-state index is -0.190. The fraction of sp³-hybridized carbons (Fsp3) is 0.0833. The number of nitrogens with zero attached hydrogens (tertiary/aromatic N) is 2. The zero-order valence-corrected chi connectivity index (χ0v) is 10.7. The van der Waals surface area contributed by atoms with E-state index in [1.807, 2.05) is 13.0 Å². The van der Waals surface area contributed by atoms with E-state index in [-0.39, 0.29) is 5.91 Å². The van der Waals surface area contributed by atoms with E-state index in [0.717, 1.165) is 15.9 Å². The molecule has 2 aromatic heterocycles. The first-order valence-electron chi connectivity index (χ1n) is 5.00. The number of hydrogen-bond acceptors (Lipinski definition) is 3. The highest BCUT2D eigenvalue weighted by Gasteiger charge is 2.06. The van der Waals surface area contributed by atoms with Gasteiger partial charge in [0.05, 0.1) is 5.56 Å². The Morgan fingerprint density at radius 1 is 1.35 bits per heavy atom. The van der Waals surface area contributed by atoms with E-state index >= 15 is 0 Å². The number of nitrogens with one attached hydrogen (secondary N) is 1. The highest BCUT2D eigenvalue weighted by Crippen LogP contribution is 2.12. The molecule has 0 aliphatic rings. The Morgan fingerprint density at radius 2 is 2.18 bits per heavy atom. The molecule has 2 heterocycles. The van der Waals surface area contributed by atoms with Gasteiger partial charge in [0.25, 0.3) is 5.91 Å². The van der Waals surface area contributed by atoms with Crippen molar-refractivity contribution < 1.29 is 4.79 Å². The second kappa shape index (κ2) is 5.05. The fourth-order valence-corrected chi connectivity index (χ4v) is 1.73. The normalized spacial score (nSPS) is 10.0. The largest absolute Gasteiger partial charge is 0.322 e. The van der Waals surface area contributed by atoms with E-state index in [0.29, 0.717) is 5.56 Å². The Hall–Kier alpha value is -1.75. The highest BCUT2D eigenvalue weighted by molar-refractivity contribution is 9.10. The predicted octanol–water partition coefficient (Wildman–Crippen LogP) is 2.80. The Labute approximate surface area is 107 Å². The summed E-state index contributed by atoms with van der Waals surface area (Å²) in [7, 11) is 0. The van der Waals surface area contributed by atoms with Crippen LogP contribution in [-0.2, 0) is 0 Å². The second-order valence-electron chi connectivity index (χ2n) is 3.53. The summed E-state index contributed by atoms with van der Waals surface area (Å²) < 4.78 is 0.774. The number of amides is 1. The number of halogens is 1. The van der Waals surface area contributed by atoms with Gasteiger partial charge in [-0.2, -0.15) is 0 Å². The van der Waals surface area contributed by atoms with Crippen LogP contribution in [0.2, 0.25) is 0 Å². The Morgan fingerprint density at radius 3 is 2.88 bits per heavy atom. The quantitative estimate of drug-likeness (QED) is 0.926. The molecule has 0 fully saturated rings. The van der Waals surface area contributed by atoms with Crippen LogP contribution in [0.1, 0.15) is 16.1 Å². The average Bonchev–Trinajstić information content (AvgIpc) is 2.29. The molecule has 0 spiro atoms. The van der Waals surface area contributed by atoms with Crippen molar-refractivity contribution >= 4 is 27.5 Å². The molecule has 2 rings (SSSR count). The Balaban J connectivity index is 2.17. The standard InChI is InChI=1S/C12H10BrN3O/c1-8-4-11(2-3-15-8)16-12(17)9-5-10(13)7-14-6-9/h2-7H,1H3,(H,15,16,17). The van der Waals surface area contributed by atoms with Crippen LogP contribution < -0.4 is 5.32 Å². The predicted molar refractivity (Wildman–Crippen MR) is 68.9 cm³/mol. The molecule has 0 atom stereocenters. The molecule has 1 N–H and O–H groups in total. The lowest BCUT2D eigenvalue weighted by Crippen LogP contribution is -2.12. The Kier molecular flexibility index (Phi) is 3.49. The number of carbonyl (C=O) groups is 1. The zero-order valence-electron chi connectivity index (χ0n) is 9.14. The van der Waals surface area contributed by atoms with E-state index in [4.69, 9.17) is 0 Å². The van der Waals surface area contributed by atoms with Crippen LogP contribution in [-0.4, -0.2) is 15.9 Å². The van der Waals surface area contributed by atoms with Gasteiger partial charge in [0.1, 0.15) is 0 Å². The highest BCUT2D eigenvalue weighted by atomic mass is 79.9. The number of carbonyl (C=O) groups excluding carboxylic acids is 1. The summed E-state index contributed by atoms with van der Waals surface area (Å²) in [6, 6.07) is 5.27. The van der Waals surface area contributed by atoms with Crippen molar-refractivity contribution in [2.45, 2.75) is 6.92 Å². The second-order valence-corrected chi connectivity index (χ2v) is 4.45. The third-order valence-electron chi connectivity index (χ3n) is 2.12. The smallest absolute Gasteiger partial charge is 0.257 e. The molecule has 1 amide bonds. The molecule has 5 heteroatoms. The lowest BCUT2D eigenvalue weighted by atomic mass is 10.2. The maximum atomic E-state index is 11.9. The number of rotatable bonds is 2. The van der Waals surface area contributed by atoms with E-state index < -0.39 is 0 Å². The Bertz CT molecular complexity index is 557. The van der Waals surface area contributed by atoms with Crippen molar-refractivity contribution in [1.82, 2.24) is 9.97 Å². The van der Waals surface area contributed by atoms with E-state index in [9.17, 15) is 4.79 Å². The van der Waals surface area contributed by atoms with Gasteiger partial charge in [-0.05, 0) is 41.1 Å². The third-order valence-corrected chi connectivity index (χ3v) is 2.56. The van der Waals surface area contributed by atoms with Gasteiger partial charge < -0.3 is 5.32 Å². The van der Waals surface area contributed by atoms with E-state index in [2.05, 4.69) is 31.2 Å². The molecule has 0 bridgehead atoms. The molecule has 4 nitrogen and oxygen atoms in total. The number of aryl methyl sites for hydroxylation is 1. The molecule has 17 heavy (non-hydrogen) atoms. The molecule has 0 radical (unpaired) electrons. The minimum Gasteiger partial charge on any atom is -0.322 e. The molecular formula is C12H10BrN3O. The van der Waals surface area contributed by atoms with Gasteiger partial charge in [-0.15, -0.1) is 0 Å². The lowest BCUT2D eigenvalue weighted by molar-refractivity contribution is 0.102. The van der Waals surface area contributed by atoms with Crippen molar-refractivity contribution in [1.29, 1.82) is 0 Å². The van der Waals surface area contributed by atoms with Crippen molar-refractivity contribution in [2.24, 2.45) is 0 Å².